The molecule has 0 bridgehead atoms. The number of benzene rings is 1. The van der Waals surface area contributed by atoms with Crippen molar-refractivity contribution in [2.24, 2.45) is 0 Å². The first-order valence-electron chi connectivity index (χ1n) is 4.90. The van der Waals surface area contributed by atoms with Gasteiger partial charge in [0.2, 0.25) is 0 Å². The molecule has 2 rings (SSSR count). The van der Waals surface area contributed by atoms with Crippen molar-refractivity contribution >= 4 is 5.57 Å². The third-order valence-corrected chi connectivity index (χ3v) is 2.48. The largest absolute Gasteiger partial charge is 0.508 e. The molecule has 0 atom stereocenters. The third-order valence-electron chi connectivity index (χ3n) is 2.48. The molecule has 1 aromatic rings. The quantitative estimate of drug-likeness (QED) is 0.752. The molecule has 0 spiro atoms. The number of nitrogens with zero attached hydrogens (tertiary/aromatic N) is 1. The molecule has 0 radical (unpaired) electrons. The summed E-state index contributed by atoms with van der Waals surface area (Å²) >= 11 is 0. The average Bonchev–Trinajstić information content (AvgIpc) is 2.30. The van der Waals surface area contributed by atoms with Crippen molar-refractivity contribution in [2.75, 3.05) is 0 Å². The maximum atomic E-state index is 9.18. The first kappa shape index (κ1) is 9.54. The minimum Gasteiger partial charge on any atom is -0.508 e. The fourth-order valence-electron chi connectivity index (χ4n) is 1.69. The molecule has 0 amide bonds. The molecule has 15 heavy (non-hydrogen) atoms. The highest BCUT2D eigenvalue weighted by Crippen LogP contribution is 2.27. The summed E-state index contributed by atoms with van der Waals surface area (Å²) in [4.78, 5) is 0. The van der Waals surface area contributed by atoms with Crippen LogP contribution in [0.3, 0.4) is 0 Å². The molecule has 2 nitrogen and oxygen atoms in total. The Morgan fingerprint density at radius 1 is 1.20 bits per heavy atom. The van der Waals surface area contributed by atoms with Crippen LogP contribution in [0.1, 0.15) is 18.4 Å². The molecular weight excluding hydrogens is 186 g/mol. The van der Waals surface area contributed by atoms with E-state index in [0.717, 1.165) is 29.6 Å². The topological polar surface area (TPSA) is 44.0 Å². The highest BCUT2D eigenvalue weighted by atomic mass is 16.3. The van der Waals surface area contributed by atoms with Gasteiger partial charge in [-0.1, -0.05) is 24.3 Å². The van der Waals surface area contributed by atoms with E-state index in [1.165, 1.54) is 0 Å². The van der Waals surface area contributed by atoms with Crippen LogP contribution in [0.15, 0.2) is 42.0 Å². The van der Waals surface area contributed by atoms with E-state index in [2.05, 4.69) is 12.1 Å². The van der Waals surface area contributed by atoms with Crippen molar-refractivity contribution in [1.82, 2.24) is 0 Å². The number of hydrogen-bond acceptors (Lipinski definition) is 2. The van der Waals surface area contributed by atoms with E-state index < -0.39 is 0 Å². The Bertz CT molecular complexity index is 460. The van der Waals surface area contributed by atoms with E-state index in [9.17, 15) is 5.11 Å². The molecule has 0 saturated carbocycles. The molecule has 1 aliphatic rings. The monoisotopic (exact) mass is 197 g/mol. The van der Waals surface area contributed by atoms with Gasteiger partial charge in [-0.15, -0.1) is 0 Å². The van der Waals surface area contributed by atoms with Gasteiger partial charge in [0.25, 0.3) is 0 Å². The van der Waals surface area contributed by atoms with Crippen molar-refractivity contribution in [3.8, 4) is 11.8 Å². The van der Waals surface area contributed by atoms with Gasteiger partial charge in [0.15, 0.2) is 0 Å². The predicted octanol–water partition coefficient (Wildman–Crippen LogP) is 3.02. The SMILES string of the molecule is N#CC1=C(c2ccc(O)cc2)C=CCC1. The Balaban J connectivity index is 2.46. The normalized spacial score (nSPS) is 15.1. The third kappa shape index (κ3) is 1.92. The van der Waals surface area contributed by atoms with Crippen LogP contribution in [-0.4, -0.2) is 5.11 Å². The van der Waals surface area contributed by atoms with Crippen molar-refractivity contribution in [2.45, 2.75) is 12.8 Å². The van der Waals surface area contributed by atoms with Crippen molar-refractivity contribution < 1.29 is 5.11 Å². The zero-order chi connectivity index (χ0) is 10.7. The van der Waals surface area contributed by atoms with Gasteiger partial charge in [0, 0.05) is 5.57 Å². The molecule has 1 aromatic carbocycles. The minimum absolute atomic E-state index is 0.248. The Hall–Kier alpha value is -2.01. The lowest BCUT2D eigenvalue weighted by Crippen LogP contribution is -1.92. The van der Waals surface area contributed by atoms with Crippen LogP contribution in [-0.2, 0) is 0 Å². The van der Waals surface area contributed by atoms with E-state index in [1.54, 1.807) is 12.1 Å². The van der Waals surface area contributed by atoms with Gasteiger partial charge in [-0.3, -0.25) is 0 Å². The lowest BCUT2D eigenvalue weighted by molar-refractivity contribution is 0.475. The Morgan fingerprint density at radius 3 is 2.60 bits per heavy atom. The van der Waals surface area contributed by atoms with Gasteiger partial charge >= 0.3 is 0 Å². The summed E-state index contributed by atoms with van der Waals surface area (Å²) in [5, 5.41) is 18.2. The summed E-state index contributed by atoms with van der Waals surface area (Å²) in [6.07, 6.45) is 5.80. The van der Waals surface area contributed by atoms with Gasteiger partial charge < -0.3 is 5.11 Å². The van der Waals surface area contributed by atoms with E-state index in [0.29, 0.717) is 0 Å². The van der Waals surface area contributed by atoms with Crippen LogP contribution in [0.25, 0.3) is 5.57 Å². The van der Waals surface area contributed by atoms with E-state index in [1.807, 2.05) is 18.2 Å². The Kier molecular flexibility index (Phi) is 2.55. The lowest BCUT2D eigenvalue weighted by Gasteiger charge is -2.10. The van der Waals surface area contributed by atoms with Crippen LogP contribution in [0.2, 0.25) is 0 Å². The van der Waals surface area contributed by atoms with Crippen LogP contribution in [0, 0.1) is 11.3 Å². The number of aromatic hydroxyl groups is 1. The maximum Gasteiger partial charge on any atom is 0.115 e. The summed E-state index contributed by atoms with van der Waals surface area (Å²) < 4.78 is 0. The van der Waals surface area contributed by atoms with Crippen molar-refractivity contribution in [3.05, 3.63) is 47.6 Å². The van der Waals surface area contributed by atoms with Crippen LogP contribution in [0.5, 0.6) is 5.75 Å². The lowest BCUT2D eigenvalue weighted by atomic mass is 9.93. The smallest absolute Gasteiger partial charge is 0.115 e. The molecule has 74 valence electrons. The standard InChI is InChI=1S/C13H11NO/c14-9-11-3-1-2-4-13(11)10-5-7-12(15)8-6-10/h2,4-8,15H,1,3H2. The van der Waals surface area contributed by atoms with Crippen LogP contribution in [0.4, 0.5) is 0 Å². The van der Waals surface area contributed by atoms with Crippen LogP contribution < -0.4 is 0 Å². The summed E-state index contributed by atoms with van der Waals surface area (Å²) in [7, 11) is 0. The highest BCUT2D eigenvalue weighted by molar-refractivity contribution is 5.80. The van der Waals surface area contributed by atoms with E-state index in [-0.39, 0.29) is 5.75 Å². The number of phenols is 1. The first-order chi connectivity index (χ1) is 7.31. The molecule has 1 N–H and O–H groups in total. The van der Waals surface area contributed by atoms with Gasteiger partial charge in [0.1, 0.15) is 5.75 Å². The van der Waals surface area contributed by atoms with Crippen molar-refractivity contribution in [1.29, 1.82) is 5.26 Å². The molecule has 0 heterocycles. The number of allylic oxidation sites excluding steroid dienone is 4. The number of hydrogen-bond donors (Lipinski definition) is 1. The fraction of sp³-hybridized carbons (Fsp3) is 0.154. The second kappa shape index (κ2) is 4.02. The predicted molar refractivity (Wildman–Crippen MR) is 59.0 cm³/mol. The molecular formula is C13H11NO. The van der Waals surface area contributed by atoms with Crippen LogP contribution >= 0.6 is 0 Å². The van der Waals surface area contributed by atoms with Crippen molar-refractivity contribution in [3.63, 3.8) is 0 Å². The van der Waals surface area contributed by atoms with E-state index in [4.69, 9.17) is 5.26 Å². The Morgan fingerprint density at radius 2 is 1.93 bits per heavy atom. The molecule has 0 saturated heterocycles. The summed E-state index contributed by atoms with van der Waals surface area (Å²) in [6.45, 7) is 0. The molecule has 1 aliphatic carbocycles. The minimum atomic E-state index is 0.248. The molecule has 0 aromatic heterocycles. The Labute approximate surface area is 88.8 Å². The number of nitriles is 1. The van der Waals surface area contributed by atoms with Gasteiger partial charge in [-0.25, -0.2) is 0 Å². The average molecular weight is 197 g/mol. The first-order valence-corrected chi connectivity index (χ1v) is 4.90. The summed E-state index contributed by atoms with van der Waals surface area (Å²) in [6, 6.07) is 9.17. The zero-order valence-corrected chi connectivity index (χ0v) is 8.27. The summed E-state index contributed by atoms with van der Waals surface area (Å²) in [5.41, 5.74) is 2.78. The second-order valence-corrected chi connectivity index (χ2v) is 3.49. The van der Waals surface area contributed by atoms with Gasteiger partial charge in [-0.05, 0) is 36.1 Å². The number of rotatable bonds is 1. The molecule has 2 heteroatoms. The maximum absolute atomic E-state index is 9.18. The molecule has 0 unspecified atom stereocenters. The molecule has 0 aliphatic heterocycles. The van der Waals surface area contributed by atoms with Gasteiger partial charge in [0.05, 0.1) is 6.07 Å². The second-order valence-electron chi connectivity index (χ2n) is 3.49. The fourth-order valence-corrected chi connectivity index (χ4v) is 1.69. The highest BCUT2D eigenvalue weighted by Gasteiger charge is 2.09. The number of phenolic OH excluding ortho intramolecular Hbond substituents is 1. The molecule has 0 fully saturated rings. The zero-order valence-electron chi connectivity index (χ0n) is 8.27. The van der Waals surface area contributed by atoms with Gasteiger partial charge in [-0.2, -0.15) is 5.26 Å². The van der Waals surface area contributed by atoms with E-state index >= 15 is 0 Å². The summed E-state index contributed by atoms with van der Waals surface area (Å²) in [5.74, 6) is 0.248.